The summed E-state index contributed by atoms with van der Waals surface area (Å²) in [6, 6.07) is 0. The Bertz CT molecular complexity index is 37.0. The minimum Gasteiger partial charge on any atom is -1.00 e. The van der Waals surface area contributed by atoms with Crippen LogP contribution in [0.1, 0.15) is 2.85 Å². The molecule has 0 aromatic heterocycles. The predicted octanol–water partition coefficient (Wildman–Crippen LogP) is -1.64. The van der Waals surface area contributed by atoms with E-state index in [1.165, 1.54) is 0 Å². The van der Waals surface area contributed by atoms with Crippen LogP contribution < -0.4 is 0 Å². The fraction of sp³-hybridized carbons (Fsp3) is 0. The Morgan fingerprint density at radius 1 is 1.83 bits per heavy atom. The van der Waals surface area contributed by atoms with Crippen molar-refractivity contribution in [2.45, 2.75) is 0 Å². The van der Waals surface area contributed by atoms with Gasteiger partial charge in [-0.1, -0.05) is 0 Å². The molecular formula is H5CaO4S-. The van der Waals surface area contributed by atoms with Gasteiger partial charge in [0, 0.05) is 0 Å². The average molecular weight is 141 g/mol. The summed E-state index contributed by atoms with van der Waals surface area (Å²) in [6.07, 6.45) is 0. The van der Waals surface area contributed by atoms with Crippen LogP contribution in [0.2, 0.25) is 0 Å². The van der Waals surface area contributed by atoms with Gasteiger partial charge in [-0.05, 0) is 0 Å². The second-order valence-electron chi connectivity index (χ2n) is 0.217. The van der Waals surface area contributed by atoms with Crippen molar-refractivity contribution in [3.63, 3.8) is 0 Å². The molecule has 0 spiro atoms. The SMILES string of the molecule is O.O=S([O-])O.[Ca+2].[H-].[H-]. The van der Waals surface area contributed by atoms with E-state index in [1.807, 2.05) is 0 Å². The van der Waals surface area contributed by atoms with Crippen LogP contribution in [0.25, 0.3) is 0 Å². The van der Waals surface area contributed by atoms with Crippen molar-refractivity contribution in [2.75, 3.05) is 0 Å². The molecule has 38 valence electrons. The predicted molar refractivity (Wildman–Crippen MR) is 23.1 cm³/mol. The molecule has 0 aromatic rings. The van der Waals surface area contributed by atoms with E-state index in [9.17, 15) is 0 Å². The Hall–Kier alpha value is 1.29. The van der Waals surface area contributed by atoms with Gasteiger partial charge in [-0.15, -0.1) is 0 Å². The van der Waals surface area contributed by atoms with Crippen molar-refractivity contribution in [1.29, 1.82) is 0 Å². The first kappa shape index (κ1) is 15.7. The summed E-state index contributed by atoms with van der Waals surface area (Å²) < 4.78 is 24.1. The molecule has 0 saturated carbocycles. The molecule has 0 aromatic carbocycles. The van der Waals surface area contributed by atoms with Gasteiger partial charge in [0.05, 0.1) is 11.4 Å². The third kappa shape index (κ3) is 58.5. The van der Waals surface area contributed by atoms with Crippen molar-refractivity contribution in [2.24, 2.45) is 0 Å². The van der Waals surface area contributed by atoms with Crippen LogP contribution in [-0.2, 0) is 11.4 Å². The van der Waals surface area contributed by atoms with Crippen molar-refractivity contribution < 1.29 is 21.6 Å². The molecule has 0 radical (unpaired) electrons. The van der Waals surface area contributed by atoms with Gasteiger partial charge in [0.2, 0.25) is 0 Å². The Morgan fingerprint density at radius 2 is 1.83 bits per heavy atom. The van der Waals surface area contributed by atoms with E-state index in [0.29, 0.717) is 0 Å². The molecule has 6 heavy (non-hydrogen) atoms. The van der Waals surface area contributed by atoms with Gasteiger partial charge in [0.15, 0.2) is 0 Å². The van der Waals surface area contributed by atoms with Gasteiger partial charge in [-0.2, -0.15) is 0 Å². The topological polar surface area (TPSA) is 91.9 Å². The molecule has 3 N–H and O–H groups in total. The zero-order valence-electron chi connectivity index (χ0n) is 4.88. The molecule has 0 amide bonds. The molecule has 0 bridgehead atoms. The van der Waals surface area contributed by atoms with Crippen molar-refractivity contribution in [1.82, 2.24) is 0 Å². The second-order valence-corrected chi connectivity index (χ2v) is 0.651. The molecule has 0 aliphatic heterocycles. The summed E-state index contributed by atoms with van der Waals surface area (Å²) in [7, 11) is 0. The van der Waals surface area contributed by atoms with E-state index < -0.39 is 11.4 Å². The molecule has 0 aliphatic carbocycles. The van der Waals surface area contributed by atoms with Crippen molar-refractivity contribution >= 4 is 49.1 Å². The maximum absolute atomic E-state index is 8.56. The molecule has 0 heterocycles. The number of hydrogen-bond donors (Lipinski definition) is 1. The molecule has 0 rings (SSSR count). The maximum Gasteiger partial charge on any atom is 2.00 e. The van der Waals surface area contributed by atoms with Gasteiger partial charge >= 0.3 is 37.7 Å². The van der Waals surface area contributed by atoms with Crippen LogP contribution in [0.5, 0.6) is 0 Å². The zero-order chi connectivity index (χ0) is 3.58. The van der Waals surface area contributed by atoms with Crippen molar-refractivity contribution in [3.05, 3.63) is 0 Å². The normalized spacial score (nSPS) is 10.3. The smallest absolute Gasteiger partial charge is 1.00 e. The van der Waals surface area contributed by atoms with Gasteiger partial charge in [-0.3, -0.25) is 0 Å². The van der Waals surface area contributed by atoms with Crippen LogP contribution in [0.4, 0.5) is 0 Å². The van der Waals surface area contributed by atoms with Crippen LogP contribution in [-0.4, -0.2) is 56.5 Å². The number of hydrogen-bond acceptors (Lipinski definition) is 2. The minimum atomic E-state index is -2.86. The summed E-state index contributed by atoms with van der Waals surface area (Å²) in [5, 5.41) is 0. The van der Waals surface area contributed by atoms with E-state index in [1.54, 1.807) is 0 Å². The first-order chi connectivity index (χ1) is 1.73. The van der Waals surface area contributed by atoms with Crippen LogP contribution in [0.3, 0.4) is 0 Å². The quantitative estimate of drug-likeness (QED) is 0.324. The zero-order valence-corrected chi connectivity index (χ0v) is 5.90. The van der Waals surface area contributed by atoms with E-state index in [-0.39, 0.29) is 46.1 Å². The molecule has 1 atom stereocenters. The average Bonchev–Trinajstić information content (AvgIpc) is 0.811. The first-order valence-electron chi connectivity index (χ1n) is 0.516. The van der Waals surface area contributed by atoms with E-state index in [2.05, 4.69) is 0 Å². The van der Waals surface area contributed by atoms with Gasteiger partial charge < -0.3 is 17.4 Å². The molecule has 4 nitrogen and oxygen atoms in total. The largest absolute Gasteiger partial charge is 2.00 e. The molecule has 0 aliphatic rings. The molecule has 0 fully saturated rings. The third-order valence-electron chi connectivity index (χ3n) is 0. The summed E-state index contributed by atoms with van der Waals surface area (Å²) in [4.78, 5) is 0. The molecular weight excluding hydrogens is 136 g/mol. The van der Waals surface area contributed by atoms with E-state index >= 15 is 0 Å². The standard InChI is InChI=1S/Ca.H2O3S.H2O.2H/c;1-4(2)3;;;/h;(H2,1,2,3);1H2;;/q+2;;;2*-1/p-1. The monoisotopic (exact) mass is 141 g/mol. The van der Waals surface area contributed by atoms with Gasteiger partial charge in [0.25, 0.3) is 0 Å². The van der Waals surface area contributed by atoms with Crippen LogP contribution in [0, 0.1) is 0 Å². The number of rotatable bonds is 0. The van der Waals surface area contributed by atoms with Crippen LogP contribution in [0.15, 0.2) is 0 Å². The van der Waals surface area contributed by atoms with Crippen molar-refractivity contribution in [3.8, 4) is 0 Å². The fourth-order valence-electron chi connectivity index (χ4n) is 0. The summed E-state index contributed by atoms with van der Waals surface area (Å²) in [6.45, 7) is 0. The second kappa shape index (κ2) is 9.56. The van der Waals surface area contributed by atoms with E-state index in [4.69, 9.17) is 13.3 Å². The molecule has 1 unspecified atom stereocenters. The molecule has 6 heteroatoms. The minimum absolute atomic E-state index is 0. The molecule has 0 saturated heterocycles. The van der Waals surface area contributed by atoms with E-state index in [0.717, 1.165) is 0 Å². The van der Waals surface area contributed by atoms with Gasteiger partial charge in [0.1, 0.15) is 0 Å². The maximum atomic E-state index is 8.56. The summed E-state index contributed by atoms with van der Waals surface area (Å²) >= 11 is -2.86. The van der Waals surface area contributed by atoms with Gasteiger partial charge in [-0.25, -0.2) is 4.21 Å². The van der Waals surface area contributed by atoms with Crippen LogP contribution >= 0.6 is 0 Å². The summed E-state index contributed by atoms with van der Waals surface area (Å²) in [5.41, 5.74) is 0. The summed E-state index contributed by atoms with van der Waals surface area (Å²) in [5.74, 6) is 0. The fourth-order valence-corrected chi connectivity index (χ4v) is 0. The Morgan fingerprint density at radius 3 is 1.83 bits per heavy atom. The third-order valence-corrected chi connectivity index (χ3v) is 0. The Balaban J connectivity index is -0.00000000750. The Kier molecular flexibility index (Phi) is 25.0. The Labute approximate surface area is 70.3 Å². The first-order valence-corrected chi connectivity index (χ1v) is 1.55.